The molecule has 1 atom stereocenters. The van der Waals surface area contributed by atoms with E-state index in [1.165, 1.54) is 18.3 Å². The predicted octanol–water partition coefficient (Wildman–Crippen LogP) is 0.430. The summed E-state index contributed by atoms with van der Waals surface area (Å²) in [6, 6.07) is 0.0987. The average Bonchev–Trinajstić information content (AvgIpc) is 2.92. The average molecular weight is 282 g/mol. The van der Waals surface area contributed by atoms with Crippen LogP contribution < -0.4 is 21.7 Å². The minimum atomic E-state index is -0.267. The van der Waals surface area contributed by atoms with Crippen LogP contribution in [-0.2, 0) is 0 Å². The molecule has 2 heterocycles. The number of nitrogens with zero attached hydrogens (tertiary/aromatic N) is 1. The molecule has 0 spiro atoms. The zero-order valence-electron chi connectivity index (χ0n) is 11.0. The van der Waals surface area contributed by atoms with Gasteiger partial charge in [-0.15, -0.1) is 11.3 Å². The fourth-order valence-electron chi connectivity index (χ4n) is 2.23. The van der Waals surface area contributed by atoms with E-state index in [1.54, 1.807) is 7.05 Å². The maximum Gasteiger partial charge on any atom is 0.256 e. The van der Waals surface area contributed by atoms with Crippen molar-refractivity contribution < 1.29 is 9.59 Å². The van der Waals surface area contributed by atoms with Gasteiger partial charge in [-0.2, -0.15) is 0 Å². The van der Waals surface area contributed by atoms with Crippen molar-refractivity contribution in [3.05, 3.63) is 10.4 Å². The van der Waals surface area contributed by atoms with Gasteiger partial charge in [0.1, 0.15) is 5.00 Å². The first-order valence-electron chi connectivity index (χ1n) is 6.11. The molecule has 0 radical (unpaired) electrons. The largest absolute Gasteiger partial charge is 0.397 e. The van der Waals surface area contributed by atoms with Crippen molar-refractivity contribution in [1.82, 2.24) is 5.32 Å². The van der Waals surface area contributed by atoms with E-state index in [0.29, 0.717) is 17.0 Å². The smallest absolute Gasteiger partial charge is 0.256 e. The lowest BCUT2D eigenvalue weighted by Gasteiger charge is -2.17. The normalized spacial score (nSPS) is 18.7. The van der Waals surface area contributed by atoms with Crippen molar-refractivity contribution in [2.24, 2.45) is 5.73 Å². The Hall–Kier alpha value is -1.60. The second-order valence-corrected chi connectivity index (χ2v) is 5.65. The van der Waals surface area contributed by atoms with Crippen molar-refractivity contribution in [3.8, 4) is 0 Å². The van der Waals surface area contributed by atoms with Crippen LogP contribution in [0.2, 0.25) is 0 Å². The van der Waals surface area contributed by atoms with Crippen LogP contribution in [0, 0.1) is 0 Å². The molecule has 1 aliphatic rings. The number of rotatable bonds is 3. The summed E-state index contributed by atoms with van der Waals surface area (Å²) in [6.45, 7) is 2.92. The van der Waals surface area contributed by atoms with E-state index in [9.17, 15) is 9.59 Å². The number of hydrogen-bond donors (Lipinski definition) is 3. The molecule has 7 heteroatoms. The number of nitrogens with one attached hydrogen (secondary N) is 1. The highest BCUT2D eigenvalue weighted by Crippen LogP contribution is 2.39. The first kappa shape index (κ1) is 13.8. The Morgan fingerprint density at radius 1 is 1.47 bits per heavy atom. The number of hydrogen-bond acceptors (Lipinski definition) is 6. The second kappa shape index (κ2) is 5.18. The fraction of sp³-hybridized carbons (Fsp3) is 0.500. The Labute approximate surface area is 115 Å². The number of carbonyl (C=O) groups is 2. The molecule has 19 heavy (non-hydrogen) atoms. The minimum absolute atomic E-state index is 0.0987. The number of Topliss-reactive ketones (excluding diaryl/α,β-unsaturated/α-hetero) is 1. The molecule has 2 rings (SSSR count). The van der Waals surface area contributed by atoms with Gasteiger partial charge in [0.15, 0.2) is 5.78 Å². The highest BCUT2D eigenvalue weighted by atomic mass is 32.1. The summed E-state index contributed by atoms with van der Waals surface area (Å²) in [5, 5.41) is 3.31. The monoisotopic (exact) mass is 282 g/mol. The molecule has 104 valence electrons. The number of nitrogen functional groups attached to an aromatic ring is 1. The quantitative estimate of drug-likeness (QED) is 0.698. The molecule has 1 aromatic rings. The van der Waals surface area contributed by atoms with Gasteiger partial charge in [0, 0.05) is 33.1 Å². The molecule has 6 nitrogen and oxygen atoms in total. The second-order valence-electron chi connectivity index (χ2n) is 4.66. The summed E-state index contributed by atoms with van der Waals surface area (Å²) < 4.78 is 0. The Kier molecular flexibility index (Phi) is 3.77. The lowest BCUT2D eigenvalue weighted by atomic mass is 10.2. The molecule has 0 aliphatic carbocycles. The molecule has 1 amide bonds. The molecular weight excluding hydrogens is 264 g/mol. The molecule has 0 aromatic carbocycles. The minimum Gasteiger partial charge on any atom is -0.397 e. The van der Waals surface area contributed by atoms with E-state index < -0.39 is 0 Å². The zero-order valence-corrected chi connectivity index (χ0v) is 11.8. The first-order valence-corrected chi connectivity index (χ1v) is 6.93. The molecular formula is C12H18N4O2S. The van der Waals surface area contributed by atoms with Gasteiger partial charge in [0.25, 0.3) is 5.91 Å². The third-order valence-corrected chi connectivity index (χ3v) is 4.58. The van der Waals surface area contributed by atoms with Crippen molar-refractivity contribution in [2.45, 2.75) is 19.4 Å². The van der Waals surface area contributed by atoms with Gasteiger partial charge in [-0.25, -0.2) is 0 Å². The molecule has 1 saturated heterocycles. The molecule has 0 bridgehead atoms. The van der Waals surface area contributed by atoms with Crippen LogP contribution in [0.1, 0.15) is 33.4 Å². The van der Waals surface area contributed by atoms with Crippen molar-refractivity contribution in [2.75, 3.05) is 30.8 Å². The lowest BCUT2D eigenvalue weighted by Crippen LogP contribution is -2.28. The molecule has 1 fully saturated rings. The maximum atomic E-state index is 12.0. The Bertz CT molecular complexity index is 526. The molecule has 5 N–H and O–H groups in total. The Balaban J connectivity index is 2.49. The van der Waals surface area contributed by atoms with Crippen molar-refractivity contribution in [3.63, 3.8) is 0 Å². The van der Waals surface area contributed by atoms with Crippen molar-refractivity contribution >= 4 is 33.7 Å². The van der Waals surface area contributed by atoms with Crippen LogP contribution in [-0.4, -0.2) is 37.9 Å². The summed E-state index contributed by atoms with van der Waals surface area (Å²) in [5.74, 6) is -0.390. The van der Waals surface area contributed by atoms with Crippen LogP contribution in [0.3, 0.4) is 0 Å². The summed E-state index contributed by atoms with van der Waals surface area (Å²) in [6.07, 6.45) is 0.875. The number of carbonyl (C=O) groups excluding carboxylic acids is 2. The van der Waals surface area contributed by atoms with Crippen LogP contribution in [0.15, 0.2) is 0 Å². The standard InChI is InChI=1S/C12H18N4O2S/c1-6(17)10-9(14)8(11(18)15-2)12(19-10)16-4-3-7(13)5-16/h7H,3-5,13-14H2,1-2H3,(H,15,18). The fourth-order valence-corrected chi connectivity index (χ4v) is 3.38. The van der Waals surface area contributed by atoms with E-state index in [2.05, 4.69) is 5.32 Å². The van der Waals surface area contributed by atoms with Gasteiger partial charge in [-0.05, 0) is 6.42 Å². The Morgan fingerprint density at radius 2 is 2.16 bits per heavy atom. The SMILES string of the molecule is CNC(=O)c1c(N2CCC(N)C2)sc(C(C)=O)c1N. The third kappa shape index (κ3) is 2.43. The molecule has 0 saturated carbocycles. The van der Waals surface area contributed by atoms with E-state index >= 15 is 0 Å². The number of amides is 1. The van der Waals surface area contributed by atoms with E-state index in [-0.39, 0.29) is 23.4 Å². The zero-order chi connectivity index (χ0) is 14.2. The van der Waals surface area contributed by atoms with Gasteiger partial charge in [0.2, 0.25) is 0 Å². The van der Waals surface area contributed by atoms with Gasteiger partial charge in [0.05, 0.1) is 16.1 Å². The van der Waals surface area contributed by atoms with Gasteiger partial charge in [-0.3, -0.25) is 9.59 Å². The van der Waals surface area contributed by atoms with E-state index in [1.807, 2.05) is 4.90 Å². The third-order valence-electron chi connectivity index (χ3n) is 3.21. The van der Waals surface area contributed by atoms with Crippen LogP contribution >= 0.6 is 11.3 Å². The molecule has 1 aromatic heterocycles. The Morgan fingerprint density at radius 3 is 2.63 bits per heavy atom. The lowest BCUT2D eigenvalue weighted by molar-refractivity contribution is 0.0964. The van der Waals surface area contributed by atoms with Crippen LogP contribution in [0.5, 0.6) is 0 Å². The number of thiophene rings is 1. The first-order chi connectivity index (χ1) is 8.95. The van der Waals surface area contributed by atoms with E-state index in [4.69, 9.17) is 11.5 Å². The predicted molar refractivity (Wildman–Crippen MR) is 76.9 cm³/mol. The summed E-state index contributed by atoms with van der Waals surface area (Å²) in [7, 11) is 1.55. The number of ketones is 1. The number of anilines is 2. The summed E-state index contributed by atoms with van der Waals surface area (Å²) in [4.78, 5) is 26.0. The van der Waals surface area contributed by atoms with Gasteiger partial charge in [-0.1, -0.05) is 0 Å². The summed E-state index contributed by atoms with van der Waals surface area (Å²) >= 11 is 1.27. The van der Waals surface area contributed by atoms with Crippen LogP contribution in [0.25, 0.3) is 0 Å². The topological polar surface area (TPSA) is 101 Å². The highest BCUT2D eigenvalue weighted by Gasteiger charge is 2.29. The summed E-state index contributed by atoms with van der Waals surface area (Å²) in [5.41, 5.74) is 12.5. The molecule has 1 unspecified atom stereocenters. The van der Waals surface area contributed by atoms with E-state index in [0.717, 1.165) is 18.0 Å². The highest BCUT2D eigenvalue weighted by molar-refractivity contribution is 7.19. The van der Waals surface area contributed by atoms with Crippen molar-refractivity contribution in [1.29, 1.82) is 0 Å². The van der Waals surface area contributed by atoms with Gasteiger partial charge < -0.3 is 21.7 Å². The van der Waals surface area contributed by atoms with Gasteiger partial charge >= 0.3 is 0 Å². The van der Waals surface area contributed by atoms with Crippen LogP contribution in [0.4, 0.5) is 10.7 Å². The number of nitrogens with two attached hydrogens (primary N) is 2. The molecule has 1 aliphatic heterocycles. The maximum absolute atomic E-state index is 12.0.